The molecule has 0 aromatic carbocycles. The van der Waals surface area contributed by atoms with Crippen LogP contribution in [-0.2, 0) is 9.59 Å². The van der Waals surface area contributed by atoms with Crippen LogP contribution >= 0.6 is 0 Å². The number of aliphatic carboxylic acids is 1. The number of carbonyl (C=O) groups excluding carboxylic acids is 1. The van der Waals surface area contributed by atoms with Gasteiger partial charge in [-0.2, -0.15) is 0 Å². The highest BCUT2D eigenvalue weighted by Gasteiger charge is 2.67. The zero-order valence-electron chi connectivity index (χ0n) is 12.6. The third kappa shape index (κ3) is 2.54. The lowest BCUT2D eigenvalue weighted by Gasteiger charge is -2.34. The summed E-state index contributed by atoms with van der Waals surface area (Å²) >= 11 is 0. The van der Waals surface area contributed by atoms with Crippen LogP contribution in [0.1, 0.15) is 40.0 Å². The lowest BCUT2D eigenvalue weighted by Crippen LogP contribution is -2.42. The highest BCUT2D eigenvalue weighted by Crippen LogP contribution is 2.63. The summed E-state index contributed by atoms with van der Waals surface area (Å²) in [6.07, 6.45) is 4.50. The van der Waals surface area contributed by atoms with Gasteiger partial charge in [-0.05, 0) is 31.4 Å². The van der Waals surface area contributed by atoms with Crippen LogP contribution < -0.4 is 0 Å². The van der Waals surface area contributed by atoms with E-state index in [1.54, 1.807) is 6.92 Å². The number of carboxylic acids is 1. The number of hydrogen-bond donors (Lipinski definition) is 2. The first kappa shape index (κ1) is 15.5. The summed E-state index contributed by atoms with van der Waals surface area (Å²) in [6.45, 7) is 5.50. The molecule has 0 heterocycles. The average Bonchev–Trinajstić information content (AvgIpc) is 3.08. The number of allylic oxidation sites excluding steroid dienone is 2. The summed E-state index contributed by atoms with van der Waals surface area (Å²) in [5.41, 5.74) is -0.862. The number of carbonyl (C=O) groups is 2. The van der Waals surface area contributed by atoms with Gasteiger partial charge < -0.3 is 10.2 Å². The molecule has 21 heavy (non-hydrogen) atoms. The van der Waals surface area contributed by atoms with Crippen LogP contribution in [0.25, 0.3) is 0 Å². The van der Waals surface area contributed by atoms with Gasteiger partial charge in [-0.25, -0.2) is 4.79 Å². The lowest BCUT2D eigenvalue weighted by molar-refractivity contribution is -0.131. The topological polar surface area (TPSA) is 74.6 Å². The third-order valence-corrected chi connectivity index (χ3v) is 4.56. The normalized spacial score (nSPS) is 34.5. The Kier molecular flexibility index (Phi) is 3.81. The predicted octanol–water partition coefficient (Wildman–Crippen LogP) is 2.09. The van der Waals surface area contributed by atoms with Crippen molar-refractivity contribution in [2.24, 2.45) is 11.3 Å². The van der Waals surface area contributed by atoms with E-state index < -0.39 is 17.0 Å². The minimum atomic E-state index is -1.35. The number of aliphatic hydroxyl groups is 1. The molecule has 2 N–H and O–H groups in total. The molecule has 112 valence electrons. The Balaban J connectivity index is 2.38. The highest BCUT2D eigenvalue weighted by molar-refractivity contribution is 5.98. The second kappa shape index (κ2) is 5.16. The van der Waals surface area contributed by atoms with Crippen LogP contribution in [0.3, 0.4) is 0 Å². The number of carboxylic acid groups (broad SMARTS) is 1. The molecule has 4 heteroatoms. The van der Waals surface area contributed by atoms with Gasteiger partial charge >= 0.3 is 5.97 Å². The first-order valence-corrected chi connectivity index (χ1v) is 7.16. The molecule has 0 aliphatic heterocycles. The monoisotopic (exact) mass is 288 g/mol. The molecule has 0 bridgehead atoms. The third-order valence-electron chi connectivity index (χ3n) is 4.56. The Bertz CT molecular complexity index is 616. The van der Waals surface area contributed by atoms with E-state index in [-0.39, 0.29) is 11.7 Å². The zero-order valence-corrected chi connectivity index (χ0v) is 12.6. The molecule has 3 atom stereocenters. The fraction of sp³-hybridized carbons (Fsp3) is 0.529. The minimum absolute atomic E-state index is 0.0522. The summed E-state index contributed by atoms with van der Waals surface area (Å²) in [7, 11) is 0. The second-order valence-electron chi connectivity index (χ2n) is 6.12. The fourth-order valence-electron chi connectivity index (χ4n) is 3.05. The van der Waals surface area contributed by atoms with E-state index in [9.17, 15) is 14.7 Å². The van der Waals surface area contributed by atoms with Gasteiger partial charge in [-0.1, -0.05) is 32.1 Å². The standard InChI is InChI=1S/C17H20O4/c1-4-5-12(9-15(19)20)6-7-17(21)11(2)8-14(18)13-10-16(13,17)3/h8-9,13,21H,4-5,10H2,1-3H3,(H,19,20). The van der Waals surface area contributed by atoms with E-state index in [2.05, 4.69) is 11.8 Å². The van der Waals surface area contributed by atoms with E-state index in [1.165, 1.54) is 6.08 Å². The van der Waals surface area contributed by atoms with Crippen molar-refractivity contribution in [1.82, 2.24) is 0 Å². The zero-order chi connectivity index (χ0) is 15.8. The minimum Gasteiger partial charge on any atom is -0.478 e. The van der Waals surface area contributed by atoms with Crippen molar-refractivity contribution in [2.45, 2.75) is 45.6 Å². The molecule has 0 aromatic heterocycles. The van der Waals surface area contributed by atoms with Gasteiger partial charge in [0.05, 0.1) is 0 Å². The van der Waals surface area contributed by atoms with Crippen molar-refractivity contribution in [2.75, 3.05) is 0 Å². The van der Waals surface area contributed by atoms with Gasteiger partial charge in [0.25, 0.3) is 0 Å². The van der Waals surface area contributed by atoms with Gasteiger partial charge in [0.2, 0.25) is 0 Å². The van der Waals surface area contributed by atoms with E-state index >= 15 is 0 Å². The van der Waals surface area contributed by atoms with Gasteiger partial charge in [-0.15, -0.1) is 0 Å². The van der Waals surface area contributed by atoms with Gasteiger partial charge in [-0.3, -0.25) is 4.79 Å². The van der Waals surface area contributed by atoms with Crippen LogP contribution in [0.5, 0.6) is 0 Å². The predicted molar refractivity (Wildman–Crippen MR) is 78.3 cm³/mol. The summed E-state index contributed by atoms with van der Waals surface area (Å²) in [4.78, 5) is 22.6. The average molecular weight is 288 g/mol. The highest BCUT2D eigenvalue weighted by atomic mass is 16.4. The fourth-order valence-corrected chi connectivity index (χ4v) is 3.05. The second-order valence-corrected chi connectivity index (χ2v) is 6.12. The van der Waals surface area contributed by atoms with Crippen LogP contribution in [0.15, 0.2) is 23.3 Å². The quantitative estimate of drug-likeness (QED) is 0.616. The molecule has 0 saturated heterocycles. The summed E-state index contributed by atoms with van der Waals surface area (Å²) in [5.74, 6) is 4.51. The summed E-state index contributed by atoms with van der Waals surface area (Å²) in [6, 6.07) is 0. The Morgan fingerprint density at radius 3 is 2.81 bits per heavy atom. The number of fused-ring (bicyclic) bond motifs is 1. The number of hydrogen-bond acceptors (Lipinski definition) is 3. The Morgan fingerprint density at radius 1 is 1.57 bits per heavy atom. The van der Waals surface area contributed by atoms with Crippen molar-refractivity contribution >= 4 is 11.8 Å². The molecule has 1 fully saturated rings. The molecule has 3 unspecified atom stereocenters. The van der Waals surface area contributed by atoms with Crippen LogP contribution in [0.2, 0.25) is 0 Å². The van der Waals surface area contributed by atoms with Crippen molar-refractivity contribution in [3.8, 4) is 11.8 Å². The van der Waals surface area contributed by atoms with Gasteiger partial charge in [0.15, 0.2) is 11.4 Å². The lowest BCUT2D eigenvalue weighted by atomic mass is 9.74. The number of ketones is 1. The first-order chi connectivity index (χ1) is 9.74. The molecular weight excluding hydrogens is 268 g/mol. The maximum atomic E-state index is 11.8. The SMILES string of the molecule is CCCC(C#CC1(O)C(C)=CC(=O)C2CC21C)=CC(=O)O. The summed E-state index contributed by atoms with van der Waals surface area (Å²) in [5, 5.41) is 19.8. The summed E-state index contributed by atoms with van der Waals surface area (Å²) < 4.78 is 0. The molecular formula is C17H20O4. The van der Waals surface area contributed by atoms with E-state index in [0.29, 0.717) is 24.0 Å². The Morgan fingerprint density at radius 2 is 2.24 bits per heavy atom. The van der Waals surface area contributed by atoms with Crippen molar-refractivity contribution in [3.05, 3.63) is 23.3 Å². The van der Waals surface area contributed by atoms with E-state index in [0.717, 1.165) is 12.5 Å². The number of rotatable bonds is 3. The molecule has 4 nitrogen and oxygen atoms in total. The van der Waals surface area contributed by atoms with Crippen LogP contribution in [0, 0.1) is 23.2 Å². The molecule has 0 spiro atoms. The van der Waals surface area contributed by atoms with Crippen molar-refractivity contribution < 1.29 is 19.8 Å². The van der Waals surface area contributed by atoms with E-state index in [4.69, 9.17) is 5.11 Å². The van der Waals surface area contributed by atoms with Crippen LogP contribution in [0.4, 0.5) is 0 Å². The van der Waals surface area contributed by atoms with Gasteiger partial charge in [0.1, 0.15) is 0 Å². The molecule has 2 aliphatic rings. The first-order valence-electron chi connectivity index (χ1n) is 7.16. The Hall–Kier alpha value is -1.86. The molecule has 2 aliphatic carbocycles. The molecule has 2 rings (SSSR count). The molecule has 0 aromatic rings. The van der Waals surface area contributed by atoms with Gasteiger partial charge in [0, 0.05) is 23.0 Å². The van der Waals surface area contributed by atoms with Crippen LogP contribution in [-0.4, -0.2) is 27.6 Å². The molecule has 0 radical (unpaired) electrons. The smallest absolute Gasteiger partial charge is 0.329 e. The largest absolute Gasteiger partial charge is 0.478 e. The Labute approximate surface area is 124 Å². The maximum Gasteiger partial charge on any atom is 0.329 e. The molecule has 1 saturated carbocycles. The van der Waals surface area contributed by atoms with Crippen molar-refractivity contribution in [1.29, 1.82) is 0 Å². The van der Waals surface area contributed by atoms with Crippen molar-refractivity contribution in [3.63, 3.8) is 0 Å². The van der Waals surface area contributed by atoms with E-state index in [1.807, 2.05) is 13.8 Å². The molecule has 0 amide bonds. The maximum absolute atomic E-state index is 11.8.